The summed E-state index contributed by atoms with van der Waals surface area (Å²) in [5.74, 6) is 0.824. The molecule has 1 aromatic carbocycles. The van der Waals surface area contributed by atoms with Crippen molar-refractivity contribution in [3.63, 3.8) is 0 Å². The van der Waals surface area contributed by atoms with Crippen LogP contribution in [0.4, 0.5) is 0 Å². The van der Waals surface area contributed by atoms with Crippen molar-refractivity contribution in [2.45, 2.75) is 38.3 Å². The second-order valence-electron chi connectivity index (χ2n) is 6.54. The molecule has 0 spiro atoms. The van der Waals surface area contributed by atoms with E-state index >= 15 is 0 Å². The van der Waals surface area contributed by atoms with Crippen LogP contribution in [-0.2, 0) is 19.4 Å². The summed E-state index contributed by atoms with van der Waals surface area (Å²) >= 11 is 9.10. The van der Waals surface area contributed by atoms with Gasteiger partial charge in [-0.2, -0.15) is 0 Å². The van der Waals surface area contributed by atoms with Crippen LogP contribution in [0.1, 0.15) is 28.8 Å². The van der Waals surface area contributed by atoms with Gasteiger partial charge in [0.25, 0.3) is 0 Å². The smallest absolute Gasteiger partial charge is 0.0843 e. The molecule has 0 saturated carbocycles. The second kappa shape index (κ2) is 6.39. The number of fused-ring (bicyclic) bond motifs is 2. The van der Waals surface area contributed by atoms with Gasteiger partial charge in [0, 0.05) is 28.5 Å². The predicted molar refractivity (Wildman–Crippen MR) is 100 cm³/mol. The third-order valence-electron chi connectivity index (χ3n) is 5.05. The maximum Gasteiger partial charge on any atom is 0.0843 e. The first kappa shape index (κ1) is 15.4. The second-order valence-corrected chi connectivity index (χ2v) is 9.85. The van der Waals surface area contributed by atoms with Crippen molar-refractivity contribution in [3.8, 4) is 0 Å². The van der Waals surface area contributed by atoms with Gasteiger partial charge in [0.15, 0.2) is 0 Å². The average Bonchev–Trinajstić information content (AvgIpc) is 2.78. The molecular weight excluding hydrogens is 422 g/mol. The summed E-state index contributed by atoms with van der Waals surface area (Å²) in [5.41, 5.74) is 3.17. The molecule has 22 heavy (non-hydrogen) atoms. The van der Waals surface area contributed by atoms with Crippen LogP contribution in [0.25, 0.3) is 0 Å². The van der Waals surface area contributed by atoms with Gasteiger partial charge in [-0.1, -0.05) is 24.3 Å². The van der Waals surface area contributed by atoms with Crippen molar-refractivity contribution in [1.82, 2.24) is 4.90 Å². The molecular formula is C18H19Br2NS. The normalized spacial score (nSPS) is 24.8. The summed E-state index contributed by atoms with van der Waals surface area (Å²) < 4.78 is 2.40. The Morgan fingerprint density at radius 3 is 2.59 bits per heavy atom. The van der Waals surface area contributed by atoms with Crippen LogP contribution in [0.15, 0.2) is 38.6 Å². The molecule has 0 amide bonds. The molecule has 1 nitrogen and oxygen atoms in total. The minimum Gasteiger partial charge on any atom is -0.295 e. The van der Waals surface area contributed by atoms with Crippen molar-refractivity contribution in [1.29, 1.82) is 0 Å². The summed E-state index contributed by atoms with van der Waals surface area (Å²) in [7, 11) is 0. The van der Waals surface area contributed by atoms with Crippen LogP contribution in [-0.4, -0.2) is 17.5 Å². The highest BCUT2D eigenvalue weighted by molar-refractivity contribution is 9.13. The first-order chi connectivity index (χ1) is 10.7. The van der Waals surface area contributed by atoms with Crippen molar-refractivity contribution in [3.05, 3.63) is 54.6 Å². The number of thiophene rings is 1. The molecule has 0 N–H and O–H groups in total. The highest BCUT2D eigenvalue weighted by atomic mass is 79.9. The molecule has 116 valence electrons. The molecule has 1 fully saturated rings. The summed E-state index contributed by atoms with van der Waals surface area (Å²) in [5, 5.41) is 0. The van der Waals surface area contributed by atoms with Crippen LogP contribution in [0.2, 0.25) is 0 Å². The fraction of sp³-hybridized carbons (Fsp3) is 0.444. The predicted octanol–water partition coefficient (Wildman–Crippen LogP) is 5.65. The Hall–Kier alpha value is -0.160. The lowest BCUT2D eigenvalue weighted by Gasteiger charge is -2.42. The summed E-state index contributed by atoms with van der Waals surface area (Å²) in [6.07, 6.45) is 5.23. The Labute approximate surface area is 153 Å². The minimum absolute atomic E-state index is 0.706. The number of nitrogens with zero attached hydrogens (tertiary/aromatic N) is 1. The van der Waals surface area contributed by atoms with E-state index in [1.807, 2.05) is 11.3 Å². The number of piperidine rings is 1. The zero-order chi connectivity index (χ0) is 15.1. The van der Waals surface area contributed by atoms with Gasteiger partial charge in [0.05, 0.1) is 3.79 Å². The van der Waals surface area contributed by atoms with Crippen LogP contribution < -0.4 is 0 Å². The lowest BCUT2D eigenvalue weighted by Crippen LogP contribution is -2.45. The average molecular weight is 441 g/mol. The molecule has 1 saturated heterocycles. The van der Waals surface area contributed by atoms with Gasteiger partial charge in [-0.05, 0) is 80.7 Å². The van der Waals surface area contributed by atoms with E-state index < -0.39 is 0 Å². The quantitative estimate of drug-likeness (QED) is 0.582. The summed E-state index contributed by atoms with van der Waals surface area (Å²) in [4.78, 5) is 4.19. The Bertz CT molecular complexity index is 662. The highest BCUT2D eigenvalue weighted by Gasteiger charge is 2.32. The molecule has 2 aromatic rings. The van der Waals surface area contributed by atoms with E-state index in [4.69, 9.17) is 0 Å². The topological polar surface area (TPSA) is 3.24 Å². The van der Waals surface area contributed by atoms with Crippen molar-refractivity contribution in [2.75, 3.05) is 6.54 Å². The largest absolute Gasteiger partial charge is 0.295 e. The third kappa shape index (κ3) is 3.08. The lowest BCUT2D eigenvalue weighted by molar-refractivity contribution is 0.0948. The zero-order valence-electron chi connectivity index (χ0n) is 12.4. The van der Waals surface area contributed by atoms with Gasteiger partial charge < -0.3 is 0 Å². The number of hydrogen-bond acceptors (Lipinski definition) is 2. The number of rotatable bonds is 2. The fourth-order valence-electron chi connectivity index (χ4n) is 3.96. The number of benzene rings is 1. The Morgan fingerprint density at radius 1 is 1.09 bits per heavy atom. The molecule has 3 aliphatic rings. The van der Waals surface area contributed by atoms with Crippen LogP contribution in [0.5, 0.6) is 0 Å². The first-order valence-electron chi connectivity index (χ1n) is 7.93. The molecule has 5 rings (SSSR count). The van der Waals surface area contributed by atoms with Crippen molar-refractivity contribution >= 4 is 43.2 Å². The van der Waals surface area contributed by atoms with E-state index in [9.17, 15) is 0 Å². The van der Waals surface area contributed by atoms with Gasteiger partial charge in [0.2, 0.25) is 0 Å². The van der Waals surface area contributed by atoms with E-state index in [-0.39, 0.29) is 0 Å². The third-order valence-corrected chi connectivity index (χ3v) is 8.30. The van der Waals surface area contributed by atoms with Crippen LogP contribution in [0, 0.1) is 5.92 Å². The minimum atomic E-state index is 0.706. The van der Waals surface area contributed by atoms with Gasteiger partial charge in [0.1, 0.15) is 0 Å². The molecule has 1 aromatic heterocycles. The number of hydrogen-bond donors (Lipinski definition) is 0. The zero-order valence-corrected chi connectivity index (χ0v) is 16.4. The van der Waals surface area contributed by atoms with E-state index in [0.717, 1.165) is 12.5 Å². The Balaban J connectivity index is 1.58. The molecule has 1 aliphatic carbocycles. The lowest BCUT2D eigenvalue weighted by atomic mass is 9.80. The number of halogens is 2. The van der Waals surface area contributed by atoms with Crippen LogP contribution in [0.3, 0.4) is 0 Å². The Kier molecular flexibility index (Phi) is 4.46. The van der Waals surface area contributed by atoms with Crippen LogP contribution >= 0.6 is 43.2 Å². The monoisotopic (exact) mass is 439 g/mol. The summed E-state index contributed by atoms with van der Waals surface area (Å²) in [6, 6.07) is 12.1. The SMILES string of the molecule is Brc1cc(CN2C[C@@H]3CC[C@H]2Cc2ccccc2C3)sc1Br. The summed E-state index contributed by atoms with van der Waals surface area (Å²) in [6.45, 7) is 2.35. The molecule has 2 aliphatic heterocycles. The van der Waals surface area contributed by atoms with E-state index in [1.165, 1.54) is 45.4 Å². The Morgan fingerprint density at radius 2 is 1.86 bits per heavy atom. The molecule has 0 unspecified atom stereocenters. The fourth-order valence-corrected chi connectivity index (χ4v) is 6.17. The van der Waals surface area contributed by atoms with Gasteiger partial charge in [-0.15, -0.1) is 11.3 Å². The maximum atomic E-state index is 3.62. The van der Waals surface area contributed by atoms with Gasteiger partial charge >= 0.3 is 0 Å². The van der Waals surface area contributed by atoms with E-state index in [2.05, 4.69) is 67.1 Å². The van der Waals surface area contributed by atoms with Gasteiger partial charge in [-0.3, -0.25) is 4.90 Å². The maximum absolute atomic E-state index is 3.62. The van der Waals surface area contributed by atoms with Gasteiger partial charge in [-0.25, -0.2) is 0 Å². The molecule has 3 heterocycles. The molecule has 2 bridgehead atoms. The van der Waals surface area contributed by atoms with Crippen molar-refractivity contribution < 1.29 is 0 Å². The van der Waals surface area contributed by atoms with Crippen molar-refractivity contribution in [2.24, 2.45) is 5.92 Å². The first-order valence-corrected chi connectivity index (χ1v) is 10.3. The molecule has 0 radical (unpaired) electrons. The highest BCUT2D eigenvalue weighted by Crippen LogP contribution is 2.36. The van der Waals surface area contributed by atoms with E-state index in [1.54, 1.807) is 11.1 Å². The molecule has 4 heteroatoms. The molecule has 2 atom stereocenters. The van der Waals surface area contributed by atoms with E-state index in [0.29, 0.717) is 6.04 Å². The standard InChI is InChI=1S/C18H19Br2NS/c19-17-9-16(22-18(17)20)11-21-10-12-5-6-15(21)8-14-4-2-1-3-13(14)7-12/h1-4,9,12,15H,5-8,10-11H2/t12-,15+/m1/s1.